The first kappa shape index (κ1) is 27.3. The van der Waals surface area contributed by atoms with Crippen molar-refractivity contribution in [3.05, 3.63) is 66.4 Å². The number of nitrogens with zero attached hydrogens (tertiary/aromatic N) is 5. The van der Waals surface area contributed by atoms with Gasteiger partial charge >= 0.3 is 6.18 Å². The predicted octanol–water partition coefficient (Wildman–Crippen LogP) is 3.19. The highest BCUT2D eigenvalue weighted by molar-refractivity contribution is 7.89. The van der Waals surface area contributed by atoms with E-state index in [1.165, 1.54) is 32.7 Å². The third-order valence-corrected chi connectivity index (χ3v) is 5.62. The van der Waals surface area contributed by atoms with Crippen LogP contribution in [-0.4, -0.2) is 59.5 Å². The second-order valence-electron chi connectivity index (χ2n) is 7.97. The molecule has 39 heavy (non-hydrogen) atoms. The molecule has 2 N–H and O–H groups in total. The average molecular weight is 564 g/mol. The number of halogens is 3. The molecule has 0 atom stereocenters. The number of aromatic nitrogens is 5. The molecule has 0 bridgehead atoms. The number of ether oxygens (including phenoxy) is 2. The second kappa shape index (κ2) is 10.6. The summed E-state index contributed by atoms with van der Waals surface area (Å²) < 4.78 is 76.0. The van der Waals surface area contributed by atoms with Gasteiger partial charge in [-0.1, -0.05) is 0 Å². The lowest BCUT2D eigenvalue weighted by Gasteiger charge is -2.13. The Bertz CT molecular complexity index is 1620. The van der Waals surface area contributed by atoms with Crippen LogP contribution in [0.2, 0.25) is 0 Å². The Balaban J connectivity index is 1.81. The fourth-order valence-electron chi connectivity index (χ4n) is 3.35. The van der Waals surface area contributed by atoms with Crippen molar-refractivity contribution in [1.29, 1.82) is 0 Å². The number of anilines is 2. The highest BCUT2D eigenvalue weighted by atomic mass is 32.2. The predicted molar refractivity (Wildman–Crippen MR) is 133 cm³/mol. The average Bonchev–Trinajstić information content (AvgIpc) is 3.38. The molecule has 0 unspecified atom stereocenters. The second-order valence-corrected chi connectivity index (χ2v) is 9.71. The van der Waals surface area contributed by atoms with Gasteiger partial charge in [0.25, 0.3) is 5.91 Å². The number of alkyl halides is 3. The van der Waals surface area contributed by atoms with E-state index in [1.807, 2.05) is 4.72 Å². The molecule has 0 saturated carbocycles. The van der Waals surface area contributed by atoms with Gasteiger partial charge in [-0.15, -0.1) is 0 Å². The van der Waals surface area contributed by atoms with Gasteiger partial charge in [-0.2, -0.15) is 23.3 Å². The summed E-state index contributed by atoms with van der Waals surface area (Å²) in [6.07, 6.45) is 0.919. The third kappa shape index (κ3) is 6.59. The van der Waals surface area contributed by atoms with Gasteiger partial charge in [0.2, 0.25) is 16.0 Å². The summed E-state index contributed by atoms with van der Waals surface area (Å²) in [7, 11) is -0.919. The Morgan fingerprint density at radius 1 is 1.03 bits per heavy atom. The SMILES string of the molecule is COc1cc(Nc2ncc(-c3cncc(C(=O)NS(C)(=O)=O)c3)c(-n3ccc(C(F)(F)F)n3)n2)cc(OC)c1. The molecule has 0 aliphatic rings. The Hall–Kier alpha value is -4.73. The minimum atomic E-state index is -4.71. The van der Waals surface area contributed by atoms with E-state index >= 15 is 0 Å². The van der Waals surface area contributed by atoms with Crippen LogP contribution in [0.3, 0.4) is 0 Å². The zero-order valence-electron chi connectivity index (χ0n) is 20.5. The molecule has 12 nitrogen and oxygen atoms in total. The van der Waals surface area contributed by atoms with Crippen LogP contribution in [-0.2, 0) is 16.2 Å². The van der Waals surface area contributed by atoms with Gasteiger partial charge in [0, 0.05) is 59.8 Å². The molecular weight excluding hydrogens is 543 g/mol. The van der Waals surface area contributed by atoms with E-state index in [9.17, 15) is 26.4 Å². The summed E-state index contributed by atoms with van der Waals surface area (Å²) in [5.74, 6) is -0.109. The molecule has 0 radical (unpaired) electrons. The normalized spacial score (nSPS) is 11.6. The summed E-state index contributed by atoms with van der Waals surface area (Å²) >= 11 is 0. The number of hydrogen-bond acceptors (Lipinski definition) is 10. The van der Waals surface area contributed by atoms with Crippen molar-refractivity contribution in [2.75, 3.05) is 25.8 Å². The first-order valence-electron chi connectivity index (χ1n) is 10.8. The fourth-order valence-corrected chi connectivity index (χ4v) is 3.81. The highest BCUT2D eigenvalue weighted by Gasteiger charge is 2.34. The summed E-state index contributed by atoms with van der Waals surface area (Å²) in [5.41, 5.74) is -0.445. The maximum Gasteiger partial charge on any atom is 0.435 e. The molecule has 1 amide bonds. The molecule has 3 aromatic heterocycles. The molecule has 4 rings (SSSR count). The molecule has 0 aliphatic heterocycles. The van der Waals surface area contributed by atoms with Gasteiger partial charge in [0.05, 0.1) is 26.0 Å². The zero-order chi connectivity index (χ0) is 28.4. The quantitative estimate of drug-likeness (QED) is 0.327. The van der Waals surface area contributed by atoms with E-state index in [2.05, 4.69) is 25.4 Å². The lowest BCUT2D eigenvalue weighted by Crippen LogP contribution is -2.29. The number of sulfonamides is 1. The number of benzene rings is 1. The van der Waals surface area contributed by atoms with E-state index in [1.54, 1.807) is 18.2 Å². The third-order valence-electron chi connectivity index (χ3n) is 5.06. The summed E-state index contributed by atoms with van der Waals surface area (Å²) in [5, 5.41) is 6.54. The standard InChI is InChI=1S/C23H20F3N7O5S/c1-37-16-7-15(8-17(9-16)38-2)29-22-28-12-18(20(30-22)33-5-4-19(31-33)23(24,25)26)13-6-14(11-27-10-13)21(34)32-39(3,35)36/h4-12H,1-3H3,(H,32,34)(H,28,29,30). The van der Waals surface area contributed by atoms with E-state index in [-0.39, 0.29) is 28.5 Å². The van der Waals surface area contributed by atoms with Crippen molar-refractivity contribution in [1.82, 2.24) is 29.5 Å². The van der Waals surface area contributed by atoms with Crippen LogP contribution in [0.4, 0.5) is 24.8 Å². The molecule has 204 valence electrons. The molecular formula is C23H20F3N7O5S. The van der Waals surface area contributed by atoms with Crippen LogP contribution < -0.4 is 19.5 Å². The van der Waals surface area contributed by atoms with Crippen LogP contribution in [0.25, 0.3) is 16.9 Å². The summed E-state index contributed by atoms with van der Waals surface area (Å²) in [6.45, 7) is 0. The number of hydrogen-bond donors (Lipinski definition) is 2. The van der Waals surface area contributed by atoms with Crippen LogP contribution in [0.1, 0.15) is 16.1 Å². The zero-order valence-corrected chi connectivity index (χ0v) is 21.3. The molecule has 16 heteroatoms. The number of rotatable bonds is 8. The monoisotopic (exact) mass is 563 g/mol. The van der Waals surface area contributed by atoms with Gasteiger partial charge in [-0.25, -0.2) is 22.8 Å². The van der Waals surface area contributed by atoms with E-state index < -0.39 is 27.8 Å². The van der Waals surface area contributed by atoms with Gasteiger partial charge in [-0.3, -0.25) is 9.78 Å². The Labute approximate surface area is 219 Å². The first-order valence-corrected chi connectivity index (χ1v) is 12.7. The first-order chi connectivity index (χ1) is 18.4. The van der Waals surface area contributed by atoms with Gasteiger partial charge in [0.15, 0.2) is 11.5 Å². The minimum Gasteiger partial charge on any atom is -0.497 e. The molecule has 1 aromatic carbocycles. The van der Waals surface area contributed by atoms with Crippen LogP contribution >= 0.6 is 0 Å². The van der Waals surface area contributed by atoms with Crippen molar-refractivity contribution >= 4 is 27.6 Å². The van der Waals surface area contributed by atoms with Gasteiger partial charge in [0.1, 0.15) is 11.5 Å². The number of carbonyl (C=O) groups is 1. The van der Waals surface area contributed by atoms with Gasteiger partial charge < -0.3 is 14.8 Å². The van der Waals surface area contributed by atoms with Crippen molar-refractivity contribution in [2.24, 2.45) is 0 Å². The topological polar surface area (TPSA) is 150 Å². The van der Waals surface area contributed by atoms with Crippen molar-refractivity contribution in [3.63, 3.8) is 0 Å². The largest absolute Gasteiger partial charge is 0.497 e. The fraction of sp³-hybridized carbons (Fsp3) is 0.174. The van der Waals surface area contributed by atoms with E-state index in [4.69, 9.17) is 9.47 Å². The van der Waals surface area contributed by atoms with Gasteiger partial charge in [-0.05, 0) is 12.1 Å². The number of nitrogens with one attached hydrogen (secondary N) is 2. The van der Waals surface area contributed by atoms with Crippen LogP contribution in [0.15, 0.2) is 55.1 Å². The van der Waals surface area contributed by atoms with E-state index in [0.29, 0.717) is 17.2 Å². The Morgan fingerprint density at radius 2 is 1.72 bits per heavy atom. The maximum atomic E-state index is 13.3. The summed E-state index contributed by atoms with van der Waals surface area (Å²) in [6, 6.07) is 6.97. The molecule has 0 saturated heterocycles. The Kier molecular flexibility index (Phi) is 7.40. The maximum absolute atomic E-state index is 13.3. The van der Waals surface area contributed by atoms with Crippen LogP contribution in [0.5, 0.6) is 11.5 Å². The van der Waals surface area contributed by atoms with Crippen molar-refractivity contribution < 1.29 is 35.9 Å². The number of pyridine rings is 1. The number of amides is 1. The Morgan fingerprint density at radius 3 is 2.31 bits per heavy atom. The molecule has 4 aromatic rings. The van der Waals surface area contributed by atoms with Crippen molar-refractivity contribution in [3.8, 4) is 28.4 Å². The lowest BCUT2D eigenvalue weighted by molar-refractivity contribution is -0.141. The molecule has 0 spiro atoms. The van der Waals surface area contributed by atoms with Crippen molar-refractivity contribution in [2.45, 2.75) is 6.18 Å². The number of methoxy groups -OCH3 is 2. The highest BCUT2D eigenvalue weighted by Crippen LogP contribution is 2.32. The lowest BCUT2D eigenvalue weighted by atomic mass is 10.1. The molecule has 0 aliphatic carbocycles. The smallest absolute Gasteiger partial charge is 0.435 e. The molecule has 0 fully saturated rings. The van der Waals surface area contributed by atoms with Crippen LogP contribution in [0, 0.1) is 0 Å². The summed E-state index contributed by atoms with van der Waals surface area (Å²) in [4.78, 5) is 24.9. The minimum absolute atomic E-state index is 0.00736. The number of carbonyl (C=O) groups excluding carboxylic acids is 1. The molecule has 3 heterocycles. The van der Waals surface area contributed by atoms with E-state index in [0.717, 1.165) is 29.4 Å².